The molecule has 2 atom stereocenters. The first-order valence-electron chi connectivity index (χ1n) is 6.17. The molecule has 2 N–H and O–H groups in total. The monoisotopic (exact) mass is 371 g/mol. The minimum absolute atomic E-state index is 0. The highest BCUT2D eigenvalue weighted by Gasteiger charge is 2.12. The molecule has 0 saturated carbocycles. The Labute approximate surface area is 127 Å². The quantitative estimate of drug-likeness (QED) is 0.323. The maximum atomic E-state index is 11.2. The van der Waals surface area contributed by atoms with Crippen molar-refractivity contribution in [2.24, 2.45) is 10.9 Å². The Morgan fingerprint density at radius 3 is 2.39 bits per heavy atom. The van der Waals surface area contributed by atoms with Gasteiger partial charge in [-0.15, -0.1) is 24.0 Å². The second kappa shape index (κ2) is 11.6. The van der Waals surface area contributed by atoms with Crippen molar-refractivity contribution in [2.45, 2.75) is 40.2 Å². The predicted octanol–water partition coefficient (Wildman–Crippen LogP) is 1.77. The maximum absolute atomic E-state index is 11.2. The van der Waals surface area contributed by atoms with Crippen molar-refractivity contribution >= 4 is 35.9 Å². The molecule has 6 heteroatoms. The van der Waals surface area contributed by atoms with Crippen LogP contribution in [0.3, 0.4) is 0 Å². The molecule has 18 heavy (non-hydrogen) atoms. The molecule has 0 aromatic heterocycles. The van der Waals surface area contributed by atoms with E-state index in [2.05, 4.69) is 34.2 Å². The Morgan fingerprint density at radius 1 is 1.33 bits per heavy atom. The van der Waals surface area contributed by atoms with Gasteiger partial charge in [0.25, 0.3) is 0 Å². The lowest BCUT2D eigenvalue weighted by Crippen LogP contribution is -2.42. The number of nitrogens with zero attached hydrogens (tertiary/aromatic N) is 1. The largest absolute Gasteiger partial charge is 0.469 e. The van der Waals surface area contributed by atoms with E-state index in [1.165, 1.54) is 7.11 Å². The van der Waals surface area contributed by atoms with Crippen LogP contribution in [0.1, 0.15) is 34.1 Å². The minimum atomic E-state index is -0.229. The van der Waals surface area contributed by atoms with Gasteiger partial charge in [0, 0.05) is 12.6 Å². The third-order valence-electron chi connectivity index (χ3n) is 2.47. The number of ether oxygens (including phenoxy) is 1. The van der Waals surface area contributed by atoms with Crippen molar-refractivity contribution in [3.05, 3.63) is 0 Å². The van der Waals surface area contributed by atoms with E-state index < -0.39 is 0 Å². The number of nitrogens with one attached hydrogen (secondary N) is 2. The van der Waals surface area contributed by atoms with Crippen LogP contribution in [0.25, 0.3) is 0 Å². The Hall–Kier alpha value is -0.530. The molecular weight excluding hydrogens is 345 g/mol. The first-order chi connectivity index (χ1) is 8.04. The van der Waals surface area contributed by atoms with Crippen LogP contribution >= 0.6 is 24.0 Å². The molecule has 0 saturated heterocycles. The molecule has 0 radical (unpaired) electrons. The summed E-state index contributed by atoms with van der Waals surface area (Å²) in [5.74, 6) is 0.304. The summed E-state index contributed by atoms with van der Waals surface area (Å²) in [7, 11) is 1.39. The Morgan fingerprint density at radius 2 is 1.94 bits per heavy atom. The van der Waals surface area contributed by atoms with Crippen LogP contribution in [-0.4, -0.2) is 38.2 Å². The third kappa shape index (κ3) is 8.54. The molecule has 0 aliphatic carbocycles. The lowest BCUT2D eigenvalue weighted by molar-refractivity contribution is -0.144. The molecule has 0 rings (SSSR count). The van der Waals surface area contributed by atoms with Crippen molar-refractivity contribution in [3.63, 3.8) is 0 Å². The van der Waals surface area contributed by atoms with Crippen LogP contribution in [0.15, 0.2) is 4.99 Å². The van der Waals surface area contributed by atoms with Crippen molar-refractivity contribution < 1.29 is 9.53 Å². The number of aliphatic imine (C=N–C) groups is 1. The van der Waals surface area contributed by atoms with Gasteiger partial charge in [-0.1, -0.05) is 13.8 Å². The number of rotatable bonds is 6. The lowest BCUT2D eigenvalue weighted by Gasteiger charge is -2.16. The van der Waals surface area contributed by atoms with Gasteiger partial charge in [0.05, 0.1) is 19.6 Å². The van der Waals surface area contributed by atoms with Crippen LogP contribution < -0.4 is 10.6 Å². The van der Waals surface area contributed by atoms with Gasteiger partial charge in [-0.05, 0) is 20.3 Å². The van der Waals surface area contributed by atoms with Crippen LogP contribution in [0.4, 0.5) is 0 Å². The van der Waals surface area contributed by atoms with Gasteiger partial charge in [0.1, 0.15) is 0 Å². The zero-order valence-corrected chi connectivity index (χ0v) is 14.3. The lowest BCUT2D eigenvalue weighted by atomic mass is 10.2. The van der Waals surface area contributed by atoms with Crippen molar-refractivity contribution in [1.82, 2.24) is 10.6 Å². The Balaban J connectivity index is 0. The second-order valence-corrected chi connectivity index (χ2v) is 4.10. The highest BCUT2D eigenvalue weighted by Crippen LogP contribution is 1.98. The average molecular weight is 371 g/mol. The van der Waals surface area contributed by atoms with Crippen LogP contribution in [-0.2, 0) is 9.53 Å². The van der Waals surface area contributed by atoms with E-state index in [0.717, 1.165) is 18.9 Å². The topological polar surface area (TPSA) is 62.7 Å². The second-order valence-electron chi connectivity index (χ2n) is 4.10. The normalized spacial score (nSPS) is 14.2. The van der Waals surface area contributed by atoms with Crippen molar-refractivity contribution in [2.75, 3.05) is 20.2 Å². The zero-order valence-electron chi connectivity index (χ0n) is 11.9. The highest BCUT2D eigenvalue weighted by atomic mass is 127. The Kier molecular flexibility index (Phi) is 12.7. The zero-order chi connectivity index (χ0) is 13.3. The fourth-order valence-electron chi connectivity index (χ4n) is 1.16. The summed E-state index contributed by atoms with van der Waals surface area (Å²) in [4.78, 5) is 15.6. The number of hydrogen-bond acceptors (Lipinski definition) is 3. The van der Waals surface area contributed by atoms with Gasteiger partial charge in [-0.2, -0.15) is 0 Å². The molecule has 0 heterocycles. The number of halogens is 1. The van der Waals surface area contributed by atoms with Crippen molar-refractivity contribution in [1.29, 1.82) is 0 Å². The first kappa shape index (κ1) is 19.8. The molecule has 0 aromatic carbocycles. The SMILES string of the molecule is CCNC(=NCC(C)C(=O)OC)NC(C)CC.I. The number of hydrogen-bond donors (Lipinski definition) is 2. The summed E-state index contributed by atoms with van der Waals surface area (Å²) < 4.78 is 4.66. The number of carbonyl (C=O) groups excluding carboxylic acids is 1. The van der Waals surface area contributed by atoms with E-state index in [9.17, 15) is 4.79 Å². The van der Waals surface area contributed by atoms with Crippen molar-refractivity contribution in [3.8, 4) is 0 Å². The van der Waals surface area contributed by atoms with E-state index in [1.807, 2.05) is 13.8 Å². The minimum Gasteiger partial charge on any atom is -0.469 e. The highest BCUT2D eigenvalue weighted by molar-refractivity contribution is 14.0. The summed E-state index contributed by atoms with van der Waals surface area (Å²) in [6, 6.07) is 0.362. The molecule has 0 fully saturated rings. The van der Waals surface area contributed by atoms with E-state index in [-0.39, 0.29) is 35.9 Å². The van der Waals surface area contributed by atoms with Gasteiger partial charge in [0.2, 0.25) is 0 Å². The van der Waals surface area contributed by atoms with E-state index in [4.69, 9.17) is 0 Å². The van der Waals surface area contributed by atoms with Gasteiger partial charge in [0.15, 0.2) is 5.96 Å². The van der Waals surface area contributed by atoms with E-state index >= 15 is 0 Å². The molecular formula is C12H26IN3O2. The standard InChI is InChI=1S/C12H25N3O2.HI/c1-6-10(4)15-12(13-7-2)14-8-9(3)11(16)17-5;/h9-10H,6-8H2,1-5H3,(H2,13,14,15);1H. The molecule has 0 aromatic rings. The molecule has 0 spiro atoms. The number of carbonyl (C=O) groups is 1. The van der Waals surface area contributed by atoms with Crippen LogP contribution in [0, 0.1) is 5.92 Å². The Bertz CT molecular complexity index is 260. The number of guanidine groups is 1. The fraction of sp³-hybridized carbons (Fsp3) is 0.833. The summed E-state index contributed by atoms with van der Waals surface area (Å²) in [5, 5.41) is 6.41. The van der Waals surface area contributed by atoms with E-state index in [0.29, 0.717) is 12.6 Å². The molecule has 0 aliphatic rings. The smallest absolute Gasteiger partial charge is 0.310 e. The fourth-order valence-corrected chi connectivity index (χ4v) is 1.16. The molecule has 5 nitrogen and oxygen atoms in total. The van der Waals surface area contributed by atoms with Gasteiger partial charge < -0.3 is 15.4 Å². The molecule has 0 aliphatic heterocycles. The average Bonchev–Trinajstić information content (AvgIpc) is 2.34. The summed E-state index contributed by atoms with van der Waals surface area (Å²) >= 11 is 0. The predicted molar refractivity (Wildman–Crippen MR) is 85.5 cm³/mol. The number of esters is 1. The molecule has 2 unspecified atom stereocenters. The van der Waals surface area contributed by atoms with Gasteiger partial charge in [-0.3, -0.25) is 9.79 Å². The molecule has 0 bridgehead atoms. The maximum Gasteiger partial charge on any atom is 0.310 e. The van der Waals surface area contributed by atoms with E-state index in [1.54, 1.807) is 0 Å². The van der Waals surface area contributed by atoms with Gasteiger partial charge >= 0.3 is 5.97 Å². The van der Waals surface area contributed by atoms with Crippen LogP contribution in [0.2, 0.25) is 0 Å². The molecule has 108 valence electrons. The van der Waals surface area contributed by atoms with Crippen LogP contribution in [0.5, 0.6) is 0 Å². The number of methoxy groups -OCH3 is 1. The summed E-state index contributed by atoms with van der Waals surface area (Å²) in [6.45, 7) is 9.25. The summed E-state index contributed by atoms with van der Waals surface area (Å²) in [6.07, 6.45) is 1.02. The third-order valence-corrected chi connectivity index (χ3v) is 2.47. The summed E-state index contributed by atoms with van der Waals surface area (Å²) in [5.41, 5.74) is 0. The van der Waals surface area contributed by atoms with Gasteiger partial charge in [-0.25, -0.2) is 0 Å². The molecule has 0 amide bonds. The first-order valence-corrected chi connectivity index (χ1v) is 6.17.